The molecule has 0 unspecified atom stereocenters. The summed E-state index contributed by atoms with van der Waals surface area (Å²) in [5, 5.41) is 3.09. The van der Waals surface area contributed by atoms with Gasteiger partial charge in [-0.3, -0.25) is 0 Å². The van der Waals surface area contributed by atoms with Gasteiger partial charge in [0.05, 0.1) is 0 Å². The molecule has 1 N–H and O–H groups in total. The van der Waals surface area contributed by atoms with Gasteiger partial charge in [-0.25, -0.2) is 9.78 Å². The molecule has 6 nitrogen and oxygen atoms in total. The number of urea groups is 1. The molecule has 1 aromatic carbocycles. The second-order valence-corrected chi connectivity index (χ2v) is 7.74. The summed E-state index contributed by atoms with van der Waals surface area (Å²) in [4.78, 5) is 21.5. The van der Waals surface area contributed by atoms with Gasteiger partial charge in [-0.1, -0.05) is 12.1 Å². The van der Waals surface area contributed by atoms with E-state index < -0.39 is 0 Å². The molecule has 1 fully saturated rings. The second kappa shape index (κ2) is 8.57. The molecule has 27 heavy (non-hydrogen) atoms. The first-order valence-corrected chi connectivity index (χ1v) is 9.73. The topological polar surface area (TPSA) is 53.4 Å². The van der Waals surface area contributed by atoms with Crippen LogP contribution in [0, 0.1) is 13.8 Å². The van der Waals surface area contributed by atoms with Gasteiger partial charge in [-0.05, 0) is 58.0 Å². The molecule has 0 spiro atoms. The zero-order chi connectivity index (χ0) is 19.4. The van der Waals surface area contributed by atoms with Crippen LogP contribution in [-0.4, -0.2) is 59.1 Å². The van der Waals surface area contributed by atoms with Gasteiger partial charge < -0.3 is 19.7 Å². The maximum atomic E-state index is 12.8. The first-order valence-electron chi connectivity index (χ1n) is 9.73. The van der Waals surface area contributed by atoms with Gasteiger partial charge in [0, 0.05) is 50.2 Å². The maximum absolute atomic E-state index is 12.8. The number of likely N-dealkylation sites (N-methyl/N-ethyl adjacent to an activating group) is 1. The molecule has 1 aliphatic heterocycles. The molecule has 1 atom stereocenters. The molecule has 0 bridgehead atoms. The summed E-state index contributed by atoms with van der Waals surface area (Å²) in [5.41, 5.74) is 3.21. The highest BCUT2D eigenvalue weighted by molar-refractivity contribution is 5.90. The Kier molecular flexibility index (Phi) is 6.16. The summed E-state index contributed by atoms with van der Waals surface area (Å²) < 4.78 is 2.23. The molecule has 2 heterocycles. The molecule has 6 heteroatoms. The molecule has 2 aromatic rings. The van der Waals surface area contributed by atoms with Crippen LogP contribution in [0.4, 0.5) is 10.5 Å². The van der Waals surface area contributed by atoms with Gasteiger partial charge in [-0.2, -0.15) is 0 Å². The van der Waals surface area contributed by atoms with Gasteiger partial charge in [0.25, 0.3) is 0 Å². The summed E-state index contributed by atoms with van der Waals surface area (Å²) in [6.07, 6.45) is 6.01. The number of nitrogens with one attached hydrogen (secondary N) is 1. The fraction of sp³-hybridized carbons (Fsp3) is 0.524. The van der Waals surface area contributed by atoms with E-state index >= 15 is 0 Å². The molecule has 0 saturated carbocycles. The normalized spacial score (nSPS) is 17.4. The average Bonchev–Trinajstić information content (AvgIpc) is 3.12. The van der Waals surface area contributed by atoms with Gasteiger partial charge in [0.1, 0.15) is 5.82 Å². The van der Waals surface area contributed by atoms with Crippen LogP contribution in [-0.2, 0) is 6.54 Å². The minimum absolute atomic E-state index is 0.0141. The van der Waals surface area contributed by atoms with Crippen molar-refractivity contribution in [3.8, 4) is 0 Å². The summed E-state index contributed by atoms with van der Waals surface area (Å²) in [5.74, 6) is 1.39. The first kappa shape index (κ1) is 19.4. The van der Waals surface area contributed by atoms with E-state index in [1.807, 2.05) is 36.4 Å². The second-order valence-electron chi connectivity index (χ2n) is 7.74. The highest BCUT2D eigenvalue weighted by Gasteiger charge is 2.27. The van der Waals surface area contributed by atoms with Crippen LogP contribution in [0.3, 0.4) is 0 Å². The van der Waals surface area contributed by atoms with Crippen LogP contribution < -0.4 is 5.32 Å². The highest BCUT2D eigenvalue weighted by atomic mass is 16.2. The lowest BCUT2D eigenvalue weighted by Crippen LogP contribution is -2.42. The van der Waals surface area contributed by atoms with Crippen LogP contribution in [0.2, 0.25) is 0 Å². The van der Waals surface area contributed by atoms with E-state index in [4.69, 9.17) is 0 Å². The van der Waals surface area contributed by atoms with E-state index in [1.54, 1.807) is 0 Å². The van der Waals surface area contributed by atoms with E-state index in [-0.39, 0.29) is 6.03 Å². The third kappa shape index (κ3) is 4.69. The quantitative estimate of drug-likeness (QED) is 0.878. The van der Waals surface area contributed by atoms with Crippen molar-refractivity contribution in [2.24, 2.45) is 0 Å². The number of carbonyl (C=O) groups excluding carboxylic acids is 1. The fourth-order valence-corrected chi connectivity index (χ4v) is 3.63. The van der Waals surface area contributed by atoms with E-state index in [9.17, 15) is 4.79 Å². The number of aromatic nitrogens is 2. The molecule has 0 aliphatic carbocycles. The number of aryl methyl sites for hydroxylation is 1. The number of imidazole rings is 1. The third-order valence-electron chi connectivity index (χ3n) is 5.46. The number of amides is 2. The zero-order valence-electron chi connectivity index (χ0n) is 16.9. The predicted octanol–water partition coefficient (Wildman–Crippen LogP) is 3.47. The number of hydrogen-bond acceptors (Lipinski definition) is 3. The van der Waals surface area contributed by atoms with Crippen molar-refractivity contribution < 1.29 is 4.79 Å². The van der Waals surface area contributed by atoms with Crippen molar-refractivity contribution in [1.82, 2.24) is 19.4 Å². The largest absolute Gasteiger partial charge is 0.333 e. The smallest absolute Gasteiger partial charge is 0.321 e. The number of likely N-dealkylation sites (tertiary alicyclic amines) is 1. The molecule has 146 valence electrons. The SMILES string of the molecule is Cc1cccc(NC(=O)N2CCC[C@H](c3nccn3CCN(C)C)C2)c1C. The molecule has 1 aliphatic rings. The van der Waals surface area contributed by atoms with Crippen molar-refractivity contribution in [2.45, 2.75) is 39.2 Å². The number of anilines is 1. The molecular formula is C21H31N5O. The Morgan fingerprint density at radius 2 is 2.15 bits per heavy atom. The van der Waals surface area contributed by atoms with E-state index in [0.29, 0.717) is 5.92 Å². The van der Waals surface area contributed by atoms with Crippen molar-refractivity contribution in [3.05, 3.63) is 47.5 Å². The van der Waals surface area contributed by atoms with E-state index in [1.165, 1.54) is 5.56 Å². The number of benzene rings is 1. The van der Waals surface area contributed by atoms with Crippen molar-refractivity contribution >= 4 is 11.7 Å². The van der Waals surface area contributed by atoms with Crippen LogP contribution in [0.1, 0.15) is 35.7 Å². The molecule has 2 amide bonds. The van der Waals surface area contributed by atoms with Crippen molar-refractivity contribution in [2.75, 3.05) is 39.0 Å². The predicted molar refractivity (Wildman–Crippen MR) is 109 cm³/mol. The number of rotatable bonds is 5. The lowest BCUT2D eigenvalue weighted by Gasteiger charge is -2.33. The van der Waals surface area contributed by atoms with Gasteiger partial charge in [-0.15, -0.1) is 0 Å². The van der Waals surface area contributed by atoms with Crippen LogP contribution >= 0.6 is 0 Å². The van der Waals surface area contributed by atoms with E-state index in [2.05, 4.69) is 46.9 Å². The number of nitrogens with zero attached hydrogens (tertiary/aromatic N) is 4. The number of piperidine rings is 1. The third-order valence-corrected chi connectivity index (χ3v) is 5.46. The Labute approximate surface area is 162 Å². The Hall–Kier alpha value is -2.34. The lowest BCUT2D eigenvalue weighted by atomic mass is 9.97. The number of hydrogen-bond donors (Lipinski definition) is 1. The monoisotopic (exact) mass is 369 g/mol. The van der Waals surface area contributed by atoms with Crippen LogP contribution in [0.25, 0.3) is 0 Å². The first-order chi connectivity index (χ1) is 13.0. The molecular weight excluding hydrogens is 338 g/mol. The summed E-state index contributed by atoms with van der Waals surface area (Å²) in [6, 6.07) is 6.00. The molecule has 1 saturated heterocycles. The van der Waals surface area contributed by atoms with Crippen LogP contribution in [0.5, 0.6) is 0 Å². The van der Waals surface area contributed by atoms with E-state index in [0.717, 1.165) is 56.1 Å². The summed E-state index contributed by atoms with van der Waals surface area (Å²) >= 11 is 0. The fourth-order valence-electron chi connectivity index (χ4n) is 3.63. The summed E-state index contributed by atoms with van der Waals surface area (Å²) in [7, 11) is 4.16. The minimum Gasteiger partial charge on any atom is -0.333 e. The Balaban J connectivity index is 1.66. The minimum atomic E-state index is -0.0141. The molecule has 1 aromatic heterocycles. The van der Waals surface area contributed by atoms with Crippen molar-refractivity contribution in [1.29, 1.82) is 0 Å². The van der Waals surface area contributed by atoms with Crippen LogP contribution in [0.15, 0.2) is 30.6 Å². The molecule has 0 radical (unpaired) electrons. The number of carbonyl (C=O) groups is 1. The standard InChI is InChI=1S/C21H31N5O/c1-16-7-5-9-19(17(16)2)23-21(27)26-11-6-8-18(15-26)20-22-10-12-25(20)14-13-24(3)4/h5,7,9-10,12,18H,6,8,11,13-15H2,1-4H3,(H,23,27)/t18-/m0/s1. The van der Waals surface area contributed by atoms with Gasteiger partial charge in [0.2, 0.25) is 0 Å². The summed E-state index contributed by atoms with van der Waals surface area (Å²) in [6.45, 7) is 7.53. The Morgan fingerprint density at radius 3 is 2.93 bits per heavy atom. The van der Waals surface area contributed by atoms with Gasteiger partial charge in [0.15, 0.2) is 0 Å². The Bertz CT molecular complexity index is 783. The average molecular weight is 370 g/mol. The lowest BCUT2D eigenvalue weighted by molar-refractivity contribution is 0.190. The highest BCUT2D eigenvalue weighted by Crippen LogP contribution is 2.27. The van der Waals surface area contributed by atoms with Crippen molar-refractivity contribution in [3.63, 3.8) is 0 Å². The maximum Gasteiger partial charge on any atom is 0.321 e. The Morgan fingerprint density at radius 1 is 1.33 bits per heavy atom. The molecule has 3 rings (SSSR count). The zero-order valence-corrected chi connectivity index (χ0v) is 16.9. The van der Waals surface area contributed by atoms with Gasteiger partial charge >= 0.3 is 6.03 Å².